The van der Waals surface area contributed by atoms with Crippen LogP contribution in [0.15, 0.2) is 52.1 Å². The van der Waals surface area contributed by atoms with Crippen molar-refractivity contribution in [2.75, 3.05) is 5.75 Å². The van der Waals surface area contributed by atoms with E-state index in [1.54, 1.807) is 38.2 Å². The van der Waals surface area contributed by atoms with E-state index in [2.05, 4.69) is 21.7 Å². The van der Waals surface area contributed by atoms with E-state index in [4.69, 9.17) is 5.26 Å². The van der Waals surface area contributed by atoms with Crippen LogP contribution in [-0.2, 0) is 16.9 Å². The van der Waals surface area contributed by atoms with Crippen LogP contribution >= 0.6 is 0 Å². The maximum absolute atomic E-state index is 13.1. The molecule has 0 aliphatic heterocycles. The first kappa shape index (κ1) is 24.9. The van der Waals surface area contributed by atoms with Crippen LogP contribution in [0.4, 0.5) is 13.2 Å². The Balaban J connectivity index is 2.25. The van der Waals surface area contributed by atoms with Crippen LogP contribution in [0.2, 0.25) is 0 Å². The normalized spacial score (nSPS) is 12.4. The fourth-order valence-electron chi connectivity index (χ4n) is 3.23. The summed E-state index contributed by atoms with van der Waals surface area (Å²) in [6.45, 7) is 5.99. The molecular formula is C23H20F3N5O2S. The van der Waals surface area contributed by atoms with Gasteiger partial charge in [0, 0.05) is 24.5 Å². The number of pyridine rings is 1. The number of nitriles is 1. The van der Waals surface area contributed by atoms with Gasteiger partial charge in [0.05, 0.1) is 28.0 Å². The van der Waals surface area contributed by atoms with Gasteiger partial charge in [-0.3, -0.25) is 9.98 Å². The Morgan fingerprint density at radius 2 is 2.00 bits per heavy atom. The molecular weight excluding hydrogens is 467 g/mol. The first-order valence-electron chi connectivity index (χ1n) is 9.95. The molecule has 0 aliphatic rings. The molecule has 1 aromatic carbocycles. The molecule has 0 spiro atoms. The Hall–Kier alpha value is -3.78. The van der Waals surface area contributed by atoms with Crippen LogP contribution in [0.5, 0.6) is 0 Å². The molecule has 3 aromatic rings. The number of hydrogen-bond acceptors (Lipinski definition) is 6. The van der Waals surface area contributed by atoms with E-state index >= 15 is 0 Å². The lowest BCUT2D eigenvalue weighted by Crippen LogP contribution is -2.09. The van der Waals surface area contributed by atoms with E-state index in [1.807, 2.05) is 6.07 Å². The number of halogens is 3. The first-order valence-corrected chi connectivity index (χ1v) is 11.6. The Bertz CT molecular complexity index is 1450. The first-order chi connectivity index (χ1) is 15.9. The number of nitrogens with zero attached hydrogens (tertiary/aromatic N) is 5. The van der Waals surface area contributed by atoms with Crippen molar-refractivity contribution >= 4 is 22.6 Å². The van der Waals surface area contributed by atoms with E-state index in [9.17, 15) is 21.6 Å². The molecule has 34 heavy (non-hydrogen) atoms. The van der Waals surface area contributed by atoms with E-state index in [0.717, 1.165) is 6.08 Å². The molecule has 2 heterocycles. The third-order valence-corrected chi connectivity index (χ3v) is 7.00. The molecule has 0 N–H and O–H groups in total. The molecule has 0 aliphatic carbocycles. The smallest absolute Gasteiger partial charge is 0.329 e. The summed E-state index contributed by atoms with van der Waals surface area (Å²) in [4.78, 5) is 11.5. The molecule has 3 rings (SSSR count). The second kappa shape index (κ2) is 9.23. The molecule has 0 fully saturated rings. The van der Waals surface area contributed by atoms with Gasteiger partial charge in [-0.05, 0) is 43.5 Å². The second-order valence-electron chi connectivity index (χ2n) is 7.32. The number of imidazole rings is 1. The molecule has 0 radical (unpaired) electrons. The highest BCUT2D eigenvalue weighted by Crippen LogP contribution is 2.33. The van der Waals surface area contributed by atoms with Crippen molar-refractivity contribution in [2.24, 2.45) is 12.0 Å². The lowest BCUT2D eigenvalue weighted by atomic mass is 10.0. The number of hydrogen-bond donors (Lipinski definition) is 0. The van der Waals surface area contributed by atoms with Crippen molar-refractivity contribution in [3.8, 4) is 28.7 Å². The summed E-state index contributed by atoms with van der Waals surface area (Å²) < 4.78 is 66.8. The highest BCUT2D eigenvalue weighted by molar-refractivity contribution is 7.91. The summed E-state index contributed by atoms with van der Waals surface area (Å²) in [7, 11) is -2.25. The van der Waals surface area contributed by atoms with Gasteiger partial charge in [0.1, 0.15) is 11.4 Å². The molecule has 0 saturated heterocycles. The molecule has 0 unspecified atom stereocenters. The molecule has 176 valence electrons. The van der Waals surface area contributed by atoms with E-state index in [0.29, 0.717) is 22.4 Å². The van der Waals surface area contributed by atoms with Gasteiger partial charge in [-0.25, -0.2) is 13.4 Å². The number of allylic oxidation sites excluding steroid dienone is 1. The summed E-state index contributed by atoms with van der Waals surface area (Å²) in [6.07, 6.45) is -2.53. The Morgan fingerprint density at radius 1 is 1.29 bits per heavy atom. The SMILES string of the molecule is C=N/C(=C\c1nc(-c2ncc(-c3cccc(C#N)c3)cc2S(=O)(=O)CC)n(C)c1C)C(F)(F)F. The molecule has 0 atom stereocenters. The molecule has 0 saturated carbocycles. The van der Waals surface area contributed by atoms with Crippen LogP contribution in [0.3, 0.4) is 0 Å². The summed E-state index contributed by atoms with van der Waals surface area (Å²) >= 11 is 0. The van der Waals surface area contributed by atoms with Crippen LogP contribution in [0.25, 0.3) is 28.7 Å². The quantitative estimate of drug-likeness (QED) is 0.468. The largest absolute Gasteiger partial charge is 0.433 e. The minimum atomic E-state index is -4.72. The molecule has 7 nitrogen and oxygen atoms in total. The van der Waals surface area contributed by atoms with Crippen LogP contribution in [0, 0.1) is 18.3 Å². The number of rotatable bonds is 6. The van der Waals surface area contributed by atoms with Crippen molar-refractivity contribution < 1.29 is 21.6 Å². The van der Waals surface area contributed by atoms with Gasteiger partial charge in [-0.1, -0.05) is 19.1 Å². The third kappa shape index (κ3) is 4.77. The fourth-order valence-corrected chi connectivity index (χ4v) is 4.28. The van der Waals surface area contributed by atoms with E-state index in [-0.39, 0.29) is 27.9 Å². The number of aromatic nitrogens is 3. The minimum absolute atomic E-state index is 0.00686. The molecule has 2 aromatic heterocycles. The lowest BCUT2D eigenvalue weighted by molar-refractivity contribution is -0.0912. The zero-order valence-corrected chi connectivity index (χ0v) is 19.4. The van der Waals surface area contributed by atoms with Gasteiger partial charge < -0.3 is 4.57 Å². The zero-order valence-electron chi connectivity index (χ0n) is 18.6. The standard InChI is InChI=1S/C23H20F3N5O2S/c1-5-34(32,33)19-10-17(16-8-6-7-15(9-16)12-27)13-29-21(19)22-30-18(14(2)31(22)4)11-20(28-3)23(24,25)26/h6-11,13H,3,5H2,1-2,4H3/b20-11-. The van der Waals surface area contributed by atoms with E-state index in [1.165, 1.54) is 23.8 Å². The monoisotopic (exact) mass is 487 g/mol. The number of sulfone groups is 1. The van der Waals surface area contributed by atoms with Gasteiger partial charge in [0.15, 0.2) is 15.7 Å². The van der Waals surface area contributed by atoms with Gasteiger partial charge in [-0.15, -0.1) is 0 Å². The van der Waals surface area contributed by atoms with Gasteiger partial charge in [-0.2, -0.15) is 18.4 Å². The number of alkyl halides is 3. The van der Waals surface area contributed by atoms with E-state index < -0.39 is 21.7 Å². The Kier molecular flexibility index (Phi) is 6.74. The van der Waals surface area contributed by atoms with Gasteiger partial charge in [0.25, 0.3) is 0 Å². The zero-order chi connectivity index (χ0) is 25.3. The minimum Gasteiger partial charge on any atom is -0.329 e. The highest BCUT2D eigenvalue weighted by atomic mass is 32.2. The molecule has 0 bridgehead atoms. The summed E-state index contributed by atoms with van der Waals surface area (Å²) in [5.74, 6) is -0.142. The average molecular weight is 488 g/mol. The van der Waals surface area contributed by atoms with Gasteiger partial charge in [0.2, 0.25) is 0 Å². The van der Waals surface area contributed by atoms with Crippen molar-refractivity contribution in [3.05, 3.63) is 59.2 Å². The summed E-state index contributed by atoms with van der Waals surface area (Å²) in [5, 5.41) is 9.15. The van der Waals surface area contributed by atoms with Gasteiger partial charge >= 0.3 is 6.18 Å². The maximum Gasteiger partial charge on any atom is 0.433 e. The number of aliphatic imine (C=N–C) groups is 1. The van der Waals surface area contributed by atoms with Crippen LogP contribution < -0.4 is 0 Å². The van der Waals surface area contributed by atoms with Crippen molar-refractivity contribution in [1.29, 1.82) is 5.26 Å². The lowest BCUT2D eigenvalue weighted by Gasteiger charge is -2.11. The average Bonchev–Trinajstić information content (AvgIpc) is 3.09. The second-order valence-corrected chi connectivity index (χ2v) is 9.56. The Morgan fingerprint density at radius 3 is 2.59 bits per heavy atom. The van der Waals surface area contributed by atoms with Crippen molar-refractivity contribution in [1.82, 2.24) is 14.5 Å². The summed E-state index contributed by atoms with van der Waals surface area (Å²) in [5.41, 5.74) is 0.562. The van der Waals surface area contributed by atoms with Crippen molar-refractivity contribution in [3.63, 3.8) is 0 Å². The highest BCUT2D eigenvalue weighted by Gasteiger charge is 2.34. The summed E-state index contributed by atoms with van der Waals surface area (Å²) in [6, 6.07) is 10.1. The van der Waals surface area contributed by atoms with Crippen LogP contribution in [0.1, 0.15) is 23.9 Å². The topological polar surface area (TPSA) is 101 Å². The predicted molar refractivity (Wildman–Crippen MR) is 123 cm³/mol. The van der Waals surface area contributed by atoms with Crippen LogP contribution in [-0.4, -0.2) is 41.6 Å². The van der Waals surface area contributed by atoms with Crippen molar-refractivity contribution in [2.45, 2.75) is 24.9 Å². The Labute approximate surface area is 194 Å². The molecule has 11 heteroatoms. The maximum atomic E-state index is 13.1. The number of benzene rings is 1. The third-order valence-electron chi connectivity index (χ3n) is 5.26. The fraction of sp³-hybridized carbons (Fsp3) is 0.217. The predicted octanol–water partition coefficient (Wildman–Crippen LogP) is 4.73. The molecule has 0 amide bonds.